The molecule has 150 valence electrons. The predicted octanol–water partition coefficient (Wildman–Crippen LogP) is 3.95. The maximum atomic E-state index is 13.2. The van der Waals surface area contributed by atoms with Gasteiger partial charge < -0.3 is 4.42 Å². The van der Waals surface area contributed by atoms with Crippen LogP contribution in [0, 0.1) is 0 Å². The number of ketones is 1. The Balaban J connectivity index is 1.60. The van der Waals surface area contributed by atoms with Gasteiger partial charge in [0.25, 0.3) is 0 Å². The van der Waals surface area contributed by atoms with Gasteiger partial charge in [0, 0.05) is 11.6 Å². The van der Waals surface area contributed by atoms with Crippen LogP contribution in [0.3, 0.4) is 0 Å². The molecule has 4 rings (SSSR count). The van der Waals surface area contributed by atoms with Gasteiger partial charge in [-0.15, -0.1) is 10.2 Å². The van der Waals surface area contributed by atoms with E-state index in [2.05, 4.69) is 10.2 Å². The Morgan fingerprint density at radius 2 is 1.83 bits per heavy atom. The van der Waals surface area contributed by atoms with E-state index in [9.17, 15) is 13.2 Å². The minimum atomic E-state index is -3.77. The highest BCUT2D eigenvalue weighted by Crippen LogP contribution is 2.34. The Kier molecular flexibility index (Phi) is 5.24. The third-order valence-electron chi connectivity index (χ3n) is 4.68. The van der Waals surface area contributed by atoms with E-state index < -0.39 is 10.0 Å². The Labute approximate surface area is 173 Å². The van der Waals surface area contributed by atoms with Crippen LogP contribution in [-0.4, -0.2) is 34.7 Å². The smallest absolute Gasteiger partial charge is 0.249 e. The van der Waals surface area contributed by atoms with Crippen molar-refractivity contribution in [2.24, 2.45) is 0 Å². The van der Waals surface area contributed by atoms with Crippen molar-refractivity contribution in [2.75, 3.05) is 0 Å². The number of Topliss-reactive ketones (excluding diaryl/α,β-unsaturated/α-hetero) is 1. The first kappa shape index (κ1) is 19.8. The summed E-state index contributed by atoms with van der Waals surface area (Å²) in [6.07, 6.45) is 1.55. The number of hydrogen-bond acceptors (Lipinski definition) is 6. The average Bonchev–Trinajstić information content (AvgIpc) is 3.44. The van der Waals surface area contributed by atoms with Crippen molar-refractivity contribution in [1.82, 2.24) is 14.5 Å². The summed E-state index contributed by atoms with van der Waals surface area (Å²) in [6, 6.07) is 12.9. The highest BCUT2D eigenvalue weighted by Gasteiger charge is 2.39. The summed E-state index contributed by atoms with van der Waals surface area (Å²) in [5, 5.41) is 8.48. The number of carbonyl (C=O) groups is 1. The minimum Gasteiger partial charge on any atom is -0.419 e. The lowest BCUT2D eigenvalue weighted by molar-refractivity contribution is 0.101. The molecule has 0 spiro atoms. The second-order valence-corrected chi connectivity index (χ2v) is 9.14. The molecule has 0 N–H and O–H groups in total. The van der Waals surface area contributed by atoms with E-state index in [1.807, 2.05) is 0 Å². The third-order valence-corrected chi connectivity index (χ3v) is 6.93. The monoisotopic (exact) mass is 431 g/mol. The van der Waals surface area contributed by atoms with E-state index in [0.29, 0.717) is 16.1 Å². The van der Waals surface area contributed by atoms with Crippen molar-refractivity contribution >= 4 is 27.4 Å². The van der Waals surface area contributed by atoms with E-state index in [1.54, 1.807) is 24.3 Å². The van der Waals surface area contributed by atoms with Crippen LogP contribution in [0.1, 0.15) is 36.0 Å². The van der Waals surface area contributed by atoms with Gasteiger partial charge >= 0.3 is 0 Å². The standard InChI is InChI=1S/C20H18ClN3O4S/c1-13(25)14-6-10-16(11-7-14)29(26,27)24(15-8-9-15)12-19-22-23-20(28-19)17-4-2-3-5-18(17)21/h2-7,10-11,15H,8-9,12H2,1H3. The van der Waals surface area contributed by atoms with Gasteiger partial charge in [0.2, 0.25) is 21.8 Å². The first-order valence-electron chi connectivity index (χ1n) is 9.06. The van der Waals surface area contributed by atoms with Crippen LogP contribution in [0.2, 0.25) is 5.02 Å². The molecule has 0 saturated heterocycles. The van der Waals surface area contributed by atoms with E-state index in [4.69, 9.17) is 16.0 Å². The maximum absolute atomic E-state index is 13.2. The molecule has 2 aromatic carbocycles. The topological polar surface area (TPSA) is 93.4 Å². The summed E-state index contributed by atoms with van der Waals surface area (Å²) >= 11 is 6.16. The molecule has 1 aromatic heterocycles. The molecule has 0 amide bonds. The Bertz CT molecular complexity index is 1150. The van der Waals surface area contributed by atoms with Crippen LogP contribution >= 0.6 is 11.6 Å². The van der Waals surface area contributed by atoms with Crippen LogP contribution < -0.4 is 0 Å². The Morgan fingerprint density at radius 1 is 1.14 bits per heavy atom. The molecular formula is C20H18ClN3O4S. The summed E-state index contributed by atoms with van der Waals surface area (Å²) in [4.78, 5) is 11.6. The van der Waals surface area contributed by atoms with Gasteiger partial charge in [-0.2, -0.15) is 4.31 Å². The second-order valence-electron chi connectivity index (χ2n) is 6.84. The zero-order valence-electron chi connectivity index (χ0n) is 15.6. The fourth-order valence-corrected chi connectivity index (χ4v) is 4.82. The summed E-state index contributed by atoms with van der Waals surface area (Å²) in [7, 11) is -3.77. The number of aromatic nitrogens is 2. The van der Waals surface area contributed by atoms with Gasteiger partial charge in [0.1, 0.15) is 0 Å². The van der Waals surface area contributed by atoms with Crippen LogP contribution in [0.15, 0.2) is 57.8 Å². The molecule has 3 aromatic rings. The first-order chi connectivity index (χ1) is 13.9. The summed E-state index contributed by atoms with van der Waals surface area (Å²) < 4.78 is 33.4. The molecular weight excluding hydrogens is 414 g/mol. The van der Waals surface area contributed by atoms with E-state index in [-0.39, 0.29) is 35.0 Å². The Hall–Kier alpha value is -2.55. The first-order valence-corrected chi connectivity index (χ1v) is 10.9. The summed E-state index contributed by atoms with van der Waals surface area (Å²) in [5.74, 6) is 0.311. The molecule has 1 aliphatic rings. The molecule has 29 heavy (non-hydrogen) atoms. The number of hydrogen-bond donors (Lipinski definition) is 0. The quantitative estimate of drug-likeness (QED) is 0.526. The van der Waals surface area contributed by atoms with Crippen molar-refractivity contribution in [3.05, 3.63) is 65.0 Å². The van der Waals surface area contributed by atoms with E-state index in [1.165, 1.54) is 35.5 Å². The average molecular weight is 432 g/mol. The van der Waals surface area contributed by atoms with E-state index >= 15 is 0 Å². The molecule has 0 radical (unpaired) electrons. The second kappa shape index (κ2) is 7.70. The zero-order chi connectivity index (χ0) is 20.6. The molecule has 9 heteroatoms. The molecule has 1 saturated carbocycles. The predicted molar refractivity (Wildman–Crippen MR) is 107 cm³/mol. The fraction of sp³-hybridized carbons (Fsp3) is 0.250. The summed E-state index contributed by atoms with van der Waals surface area (Å²) in [6.45, 7) is 1.41. The lowest BCUT2D eigenvalue weighted by atomic mass is 10.2. The largest absolute Gasteiger partial charge is 0.419 e. The summed E-state index contributed by atoms with van der Waals surface area (Å²) in [5.41, 5.74) is 1.05. The molecule has 0 aliphatic heterocycles. The van der Waals surface area contributed by atoms with Crippen molar-refractivity contribution in [3.8, 4) is 11.5 Å². The highest BCUT2D eigenvalue weighted by molar-refractivity contribution is 7.89. The molecule has 1 fully saturated rings. The van der Waals surface area contributed by atoms with Gasteiger partial charge in [-0.05, 0) is 44.0 Å². The molecule has 1 heterocycles. The zero-order valence-corrected chi connectivity index (χ0v) is 17.2. The minimum absolute atomic E-state index is 0.0289. The lowest BCUT2D eigenvalue weighted by Crippen LogP contribution is -2.32. The molecule has 0 atom stereocenters. The number of nitrogens with zero attached hydrogens (tertiary/aromatic N) is 3. The van der Waals surface area contributed by atoms with Gasteiger partial charge in [0.15, 0.2) is 5.78 Å². The van der Waals surface area contributed by atoms with E-state index in [0.717, 1.165) is 12.8 Å². The third kappa shape index (κ3) is 4.10. The van der Waals surface area contributed by atoms with Crippen molar-refractivity contribution in [2.45, 2.75) is 37.2 Å². The van der Waals surface area contributed by atoms with Gasteiger partial charge in [-0.3, -0.25) is 4.79 Å². The van der Waals surface area contributed by atoms with Gasteiger partial charge in [0.05, 0.1) is 22.0 Å². The van der Waals surface area contributed by atoms with Gasteiger partial charge in [-0.1, -0.05) is 35.9 Å². The normalized spacial score (nSPS) is 14.3. The number of carbonyl (C=O) groups excluding carboxylic acids is 1. The number of sulfonamides is 1. The number of rotatable bonds is 7. The molecule has 7 nitrogen and oxygen atoms in total. The van der Waals surface area contributed by atoms with Crippen molar-refractivity contribution in [1.29, 1.82) is 0 Å². The molecule has 0 bridgehead atoms. The Morgan fingerprint density at radius 3 is 2.45 bits per heavy atom. The van der Waals surface area contributed by atoms with Crippen molar-refractivity contribution < 1.29 is 17.6 Å². The number of benzene rings is 2. The van der Waals surface area contributed by atoms with Crippen LogP contribution in [-0.2, 0) is 16.6 Å². The molecule has 0 unspecified atom stereocenters. The van der Waals surface area contributed by atoms with Crippen molar-refractivity contribution in [3.63, 3.8) is 0 Å². The maximum Gasteiger partial charge on any atom is 0.249 e. The van der Waals surface area contributed by atoms with Crippen LogP contribution in [0.4, 0.5) is 0 Å². The fourth-order valence-electron chi connectivity index (χ4n) is 2.96. The highest BCUT2D eigenvalue weighted by atomic mass is 35.5. The lowest BCUT2D eigenvalue weighted by Gasteiger charge is -2.20. The SMILES string of the molecule is CC(=O)c1ccc(S(=O)(=O)N(Cc2nnc(-c3ccccc3Cl)o2)C2CC2)cc1. The van der Waals surface area contributed by atoms with Crippen LogP contribution in [0.5, 0.6) is 0 Å². The van der Waals surface area contributed by atoms with Gasteiger partial charge in [-0.25, -0.2) is 8.42 Å². The van der Waals surface area contributed by atoms with Crippen LogP contribution in [0.25, 0.3) is 11.5 Å². The number of halogens is 1. The molecule has 1 aliphatic carbocycles.